The maximum Gasteiger partial charge on any atom is 0.176 e. The lowest BCUT2D eigenvalue weighted by molar-refractivity contribution is 0.0892. The molecule has 0 spiro atoms. The third-order valence-electron chi connectivity index (χ3n) is 5.83. The van der Waals surface area contributed by atoms with Crippen LogP contribution < -0.4 is 0 Å². The van der Waals surface area contributed by atoms with Gasteiger partial charge >= 0.3 is 0 Å². The van der Waals surface area contributed by atoms with Gasteiger partial charge in [0, 0.05) is 11.0 Å². The predicted octanol–water partition coefficient (Wildman–Crippen LogP) is 4.95. The van der Waals surface area contributed by atoms with Gasteiger partial charge in [0.25, 0.3) is 0 Å². The minimum atomic E-state index is 0.0365. The Kier molecular flexibility index (Phi) is 5.17. The van der Waals surface area contributed by atoms with E-state index in [9.17, 15) is 4.79 Å². The number of carbonyl (C=O) groups excluding carboxylic acids is 1. The number of likely N-dealkylation sites (tertiary alicyclic amines) is 1. The average Bonchev–Trinajstić information content (AvgIpc) is 2.76. The fraction of sp³-hybridized carbons (Fsp3) is 0.240. The Hall–Kier alpha value is -2.71. The molecule has 0 bridgehead atoms. The van der Waals surface area contributed by atoms with Gasteiger partial charge in [0.1, 0.15) is 0 Å². The SMILES string of the molecule is O=C(CN1CCC(c2ccccc2)(c2ccccc2)CC1)c1ccccc1. The number of nitrogens with zero attached hydrogens (tertiary/aromatic N) is 1. The number of hydrogen-bond donors (Lipinski definition) is 0. The van der Waals surface area contributed by atoms with Gasteiger partial charge in [-0.1, -0.05) is 91.0 Å². The molecule has 0 unspecified atom stereocenters. The van der Waals surface area contributed by atoms with Gasteiger partial charge in [-0.2, -0.15) is 0 Å². The number of Topliss-reactive ketones (excluding diaryl/α,β-unsaturated/α-hetero) is 1. The first-order chi connectivity index (χ1) is 13.3. The summed E-state index contributed by atoms with van der Waals surface area (Å²) >= 11 is 0. The minimum absolute atomic E-state index is 0.0365. The number of hydrogen-bond acceptors (Lipinski definition) is 2. The van der Waals surface area contributed by atoms with E-state index in [2.05, 4.69) is 65.6 Å². The van der Waals surface area contributed by atoms with Crippen LogP contribution in [0.2, 0.25) is 0 Å². The van der Waals surface area contributed by atoms with E-state index in [4.69, 9.17) is 0 Å². The Morgan fingerprint density at radius 3 is 1.63 bits per heavy atom. The molecule has 3 aromatic rings. The van der Waals surface area contributed by atoms with Gasteiger partial charge in [-0.05, 0) is 37.1 Å². The maximum atomic E-state index is 12.6. The summed E-state index contributed by atoms with van der Waals surface area (Å²) in [7, 11) is 0. The third kappa shape index (κ3) is 3.72. The first-order valence-corrected chi connectivity index (χ1v) is 9.70. The summed E-state index contributed by atoms with van der Waals surface area (Å²) in [6.45, 7) is 2.37. The lowest BCUT2D eigenvalue weighted by Crippen LogP contribution is -2.45. The van der Waals surface area contributed by atoms with Crippen LogP contribution in [0, 0.1) is 0 Å². The van der Waals surface area contributed by atoms with Crippen molar-refractivity contribution in [3.8, 4) is 0 Å². The lowest BCUT2D eigenvalue weighted by atomic mass is 9.68. The summed E-state index contributed by atoms with van der Waals surface area (Å²) in [6, 6.07) is 31.3. The zero-order chi connectivity index (χ0) is 18.5. The van der Waals surface area contributed by atoms with Gasteiger partial charge in [-0.3, -0.25) is 9.69 Å². The van der Waals surface area contributed by atoms with E-state index in [-0.39, 0.29) is 11.2 Å². The Balaban J connectivity index is 1.53. The van der Waals surface area contributed by atoms with Gasteiger partial charge in [0.15, 0.2) is 5.78 Å². The molecule has 0 N–H and O–H groups in total. The zero-order valence-corrected chi connectivity index (χ0v) is 15.6. The van der Waals surface area contributed by atoms with Crippen LogP contribution in [-0.4, -0.2) is 30.3 Å². The van der Waals surface area contributed by atoms with Crippen molar-refractivity contribution in [1.29, 1.82) is 0 Å². The topological polar surface area (TPSA) is 20.3 Å². The van der Waals surface area contributed by atoms with Crippen molar-refractivity contribution in [3.05, 3.63) is 108 Å². The molecule has 4 rings (SSSR count). The Morgan fingerprint density at radius 1 is 0.704 bits per heavy atom. The second kappa shape index (κ2) is 7.89. The van der Waals surface area contributed by atoms with E-state index >= 15 is 0 Å². The molecule has 0 aromatic heterocycles. The molecule has 0 radical (unpaired) electrons. The lowest BCUT2D eigenvalue weighted by Gasteiger charge is -2.42. The van der Waals surface area contributed by atoms with E-state index in [1.165, 1.54) is 11.1 Å². The molecule has 0 amide bonds. The zero-order valence-electron chi connectivity index (χ0n) is 15.6. The molecular formula is C25H25NO. The highest BCUT2D eigenvalue weighted by molar-refractivity contribution is 5.97. The van der Waals surface area contributed by atoms with Crippen LogP contribution in [-0.2, 0) is 5.41 Å². The number of piperidine rings is 1. The largest absolute Gasteiger partial charge is 0.296 e. The number of carbonyl (C=O) groups is 1. The second-order valence-electron chi connectivity index (χ2n) is 7.38. The Bertz CT molecular complexity index is 824. The van der Waals surface area contributed by atoms with Crippen LogP contribution in [0.4, 0.5) is 0 Å². The Labute approximate surface area is 161 Å². The summed E-state index contributed by atoms with van der Waals surface area (Å²) < 4.78 is 0. The Morgan fingerprint density at radius 2 is 1.15 bits per heavy atom. The molecule has 0 aliphatic carbocycles. The van der Waals surface area contributed by atoms with Gasteiger partial charge in [-0.25, -0.2) is 0 Å². The predicted molar refractivity (Wildman–Crippen MR) is 110 cm³/mol. The standard InChI is InChI=1S/C25H25NO/c27-24(21-10-4-1-5-11-21)20-26-18-16-25(17-19-26,22-12-6-2-7-13-22)23-14-8-3-9-15-23/h1-15H,16-20H2. The summed E-state index contributed by atoms with van der Waals surface area (Å²) in [5, 5.41) is 0. The van der Waals surface area contributed by atoms with Crippen molar-refractivity contribution in [2.45, 2.75) is 18.3 Å². The number of benzene rings is 3. The maximum absolute atomic E-state index is 12.6. The highest BCUT2D eigenvalue weighted by atomic mass is 16.1. The van der Waals surface area contributed by atoms with Crippen molar-refractivity contribution in [2.24, 2.45) is 0 Å². The molecule has 2 nitrogen and oxygen atoms in total. The summed E-state index contributed by atoms with van der Waals surface area (Å²) in [5.41, 5.74) is 3.60. The molecular weight excluding hydrogens is 330 g/mol. The smallest absolute Gasteiger partial charge is 0.176 e. The molecule has 27 heavy (non-hydrogen) atoms. The quantitative estimate of drug-likeness (QED) is 0.604. The van der Waals surface area contributed by atoms with E-state index < -0.39 is 0 Å². The van der Waals surface area contributed by atoms with Crippen molar-refractivity contribution in [3.63, 3.8) is 0 Å². The monoisotopic (exact) mass is 355 g/mol. The fourth-order valence-corrected chi connectivity index (χ4v) is 4.27. The number of rotatable bonds is 5. The van der Waals surface area contributed by atoms with Crippen LogP contribution in [0.1, 0.15) is 34.3 Å². The van der Waals surface area contributed by atoms with Crippen molar-refractivity contribution in [1.82, 2.24) is 4.90 Å². The molecule has 1 heterocycles. The highest BCUT2D eigenvalue weighted by Gasteiger charge is 2.37. The summed E-state index contributed by atoms with van der Waals surface area (Å²) in [5.74, 6) is 0.211. The van der Waals surface area contributed by atoms with Crippen molar-refractivity contribution in [2.75, 3.05) is 19.6 Å². The fourth-order valence-electron chi connectivity index (χ4n) is 4.27. The van der Waals surface area contributed by atoms with Crippen LogP contribution in [0.25, 0.3) is 0 Å². The normalized spacial score (nSPS) is 16.7. The van der Waals surface area contributed by atoms with E-state index in [1.807, 2.05) is 30.3 Å². The van der Waals surface area contributed by atoms with Crippen LogP contribution >= 0.6 is 0 Å². The molecule has 1 fully saturated rings. The van der Waals surface area contributed by atoms with E-state index in [0.717, 1.165) is 31.5 Å². The number of ketones is 1. The first-order valence-electron chi connectivity index (χ1n) is 9.70. The second-order valence-corrected chi connectivity index (χ2v) is 7.38. The molecule has 136 valence electrons. The minimum Gasteiger partial charge on any atom is -0.296 e. The molecule has 0 atom stereocenters. The van der Waals surface area contributed by atoms with Gasteiger partial charge in [-0.15, -0.1) is 0 Å². The first kappa shape index (κ1) is 17.7. The van der Waals surface area contributed by atoms with Gasteiger partial charge in [0.2, 0.25) is 0 Å². The molecule has 2 heteroatoms. The van der Waals surface area contributed by atoms with Crippen LogP contribution in [0.5, 0.6) is 0 Å². The van der Waals surface area contributed by atoms with Crippen LogP contribution in [0.15, 0.2) is 91.0 Å². The van der Waals surface area contributed by atoms with Crippen molar-refractivity contribution < 1.29 is 4.79 Å². The van der Waals surface area contributed by atoms with E-state index in [0.29, 0.717) is 6.54 Å². The van der Waals surface area contributed by atoms with Crippen LogP contribution in [0.3, 0.4) is 0 Å². The third-order valence-corrected chi connectivity index (χ3v) is 5.83. The van der Waals surface area contributed by atoms with Crippen molar-refractivity contribution >= 4 is 5.78 Å². The highest BCUT2D eigenvalue weighted by Crippen LogP contribution is 2.41. The average molecular weight is 355 g/mol. The molecule has 1 aliphatic rings. The summed E-state index contributed by atoms with van der Waals surface area (Å²) in [4.78, 5) is 14.9. The van der Waals surface area contributed by atoms with Gasteiger partial charge < -0.3 is 0 Å². The molecule has 0 saturated carbocycles. The molecule has 1 aliphatic heterocycles. The molecule has 3 aromatic carbocycles. The van der Waals surface area contributed by atoms with E-state index in [1.54, 1.807) is 0 Å². The molecule has 1 saturated heterocycles. The summed E-state index contributed by atoms with van der Waals surface area (Å²) in [6.07, 6.45) is 2.06. The van der Waals surface area contributed by atoms with Gasteiger partial charge in [0.05, 0.1) is 6.54 Å².